The zero-order chi connectivity index (χ0) is 31.3. The van der Waals surface area contributed by atoms with Gasteiger partial charge in [0.1, 0.15) is 39.3 Å². The number of tetrazole rings is 1. The number of carboxylic acid groups (broad SMARTS) is 1. The first kappa shape index (κ1) is 29.1. The number of aromatic nitrogens is 5. The van der Waals surface area contributed by atoms with Crippen LogP contribution in [0.3, 0.4) is 0 Å². The Morgan fingerprint density at radius 2 is 1.93 bits per heavy atom. The molecule has 5 N–H and O–H groups in total. The van der Waals surface area contributed by atoms with Crippen LogP contribution in [0.15, 0.2) is 58.0 Å². The summed E-state index contributed by atoms with van der Waals surface area (Å²) in [6.07, 6.45) is 1.26. The van der Waals surface area contributed by atoms with Gasteiger partial charge in [-0.15, -0.1) is 28.2 Å². The van der Waals surface area contributed by atoms with Crippen LogP contribution < -0.4 is 16.1 Å². The smallest absolute Gasteiger partial charge is 0.353 e. The molecule has 1 aromatic carbocycles. The summed E-state index contributed by atoms with van der Waals surface area (Å²) in [6, 6.07) is 4.54. The molecule has 18 heteroatoms. The lowest BCUT2D eigenvalue weighted by Crippen LogP contribution is -2.71. The third kappa shape index (κ3) is 4.91. The maximum Gasteiger partial charge on any atom is 0.353 e. The normalized spacial score (nSPS) is 18.4. The van der Waals surface area contributed by atoms with Crippen molar-refractivity contribution in [3.63, 3.8) is 0 Å². The molecule has 0 bridgehead atoms. The quantitative estimate of drug-likeness (QED) is 0.0997. The van der Waals surface area contributed by atoms with Crippen molar-refractivity contribution in [2.45, 2.75) is 17.5 Å². The lowest BCUT2D eigenvalue weighted by Gasteiger charge is -2.49. The highest BCUT2D eigenvalue weighted by atomic mass is 32.2. The number of benzene rings is 1. The minimum atomic E-state index is -1.39. The number of carboxylic acids is 1. The number of nitrogens with one attached hydrogen (secondary N) is 3. The van der Waals surface area contributed by atoms with Crippen molar-refractivity contribution in [2.75, 3.05) is 5.75 Å². The van der Waals surface area contributed by atoms with Gasteiger partial charge in [0.05, 0.1) is 10.3 Å². The van der Waals surface area contributed by atoms with E-state index in [1.165, 1.54) is 58.2 Å². The number of phenols is 1. The number of hydrogen-bond donors (Lipinski definition) is 5. The van der Waals surface area contributed by atoms with Crippen molar-refractivity contribution < 1.29 is 29.4 Å². The summed E-state index contributed by atoms with van der Waals surface area (Å²) in [5, 5.41) is 37.3. The summed E-state index contributed by atoms with van der Waals surface area (Å²) in [4.78, 5) is 70.0. The van der Waals surface area contributed by atoms with E-state index in [-0.39, 0.29) is 44.6 Å². The molecule has 224 valence electrons. The molecule has 6 rings (SSSR count). The van der Waals surface area contributed by atoms with Crippen molar-refractivity contribution in [2.24, 2.45) is 7.05 Å². The van der Waals surface area contributed by atoms with Gasteiger partial charge in [0, 0.05) is 24.6 Å². The van der Waals surface area contributed by atoms with Crippen LogP contribution in [0.4, 0.5) is 0 Å². The lowest BCUT2D eigenvalue weighted by atomic mass is 9.99. The number of carbonyl (C=O) groups excluding carboxylic acids is 3. The Bertz CT molecular complexity index is 1970. The predicted molar refractivity (Wildman–Crippen MR) is 161 cm³/mol. The second kappa shape index (κ2) is 11.3. The van der Waals surface area contributed by atoms with E-state index in [2.05, 4.69) is 31.1 Å². The van der Waals surface area contributed by atoms with Crippen LogP contribution in [-0.4, -0.2) is 86.0 Å². The van der Waals surface area contributed by atoms with Crippen LogP contribution in [0.25, 0.3) is 10.2 Å². The molecule has 3 atom stereocenters. The number of thioether (sulfide) groups is 1. The lowest BCUT2D eigenvalue weighted by molar-refractivity contribution is -0.150. The number of amides is 3. The summed E-state index contributed by atoms with van der Waals surface area (Å²) in [6.45, 7) is 0. The summed E-state index contributed by atoms with van der Waals surface area (Å²) >= 11 is 7.94. The van der Waals surface area contributed by atoms with Crippen molar-refractivity contribution >= 4 is 74.1 Å². The summed E-state index contributed by atoms with van der Waals surface area (Å²) in [5.41, 5.74) is -0.628. The summed E-state index contributed by atoms with van der Waals surface area (Å²) < 4.78 is 1.29. The largest absolute Gasteiger partial charge is 0.508 e. The number of phenolic OH excluding ortho intramolecular Hbond substituents is 1. The number of H-pyrrole nitrogens is 1. The zero-order valence-electron chi connectivity index (χ0n) is 22.4. The standard InChI is InChI=1S/C26H20N8O7S3/c1-33-20(30-31-32-33)19(42)14-9-44-25-16(24(39)34(25)17(14)26(40)41)29-22(38)15(10-2-4-11(35)5-3-10)28-21(37)13-8-27-23-12(18(13)36)6-7-43-23/h2-8,15-16,25,35H,9H2,1H3,(H,27,36)(H,28,37)(H,29,38)(H,40,41)/t15?,16?,25-/m0/s1. The third-order valence-corrected chi connectivity index (χ3v) is 9.63. The van der Waals surface area contributed by atoms with Crippen molar-refractivity contribution in [1.29, 1.82) is 0 Å². The number of aromatic hydroxyl groups is 1. The molecule has 0 aliphatic carbocycles. The number of aromatic amines is 1. The Labute approximate surface area is 259 Å². The highest BCUT2D eigenvalue weighted by molar-refractivity contribution is 8.00. The number of fused-ring (bicyclic) bond motifs is 2. The molecule has 3 amide bonds. The number of aliphatic carboxylic acids is 1. The van der Waals surface area contributed by atoms with Gasteiger partial charge >= 0.3 is 5.97 Å². The first-order valence-corrected chi connectivity index (χ1v) is 15.1. The number of carbonyl (C=O) groups is 4. The van der Waals surface area contributed by atoms with Gasteiger partial charge in [-0.2, -0.15) is 0 Å². The average molecular weight is 653 g/mol. The molecule has 0 spiro atoms. The number of nitrogens with zero attached hydrogens (tertiary/aromatic N) is 5. The first-order chi connectivity index (χ1) is 21.1. The van der Waals surface area contributed by atoms with Crippen LogP contribution in [-0.2, 0) is 21.4 Å². The van der Waals surface area contributed by atoms with E-state index in [0.29, 0.717) is 10.2 Å². The number of pyridine rings is 1. The fraction of sp³-hybridized carbons (Fsp3) is 0.192. The Morgan fingerprint density at radius 1 is 1.18 bits per heavy atom. The van der Waals surface area contributed by atoms with Gasteiger partial charge in [0.25, 0.3) is 11.8 Å². The fourth-order valence-corrected chi connectivity index (χ4v) is 7.42. The molecule has 44 heavy (non-hydrogen) atoms. The molecular formula is C26H20N8O7S3. The van der Waals surface area contributed by atoms with Crippen molar-refractivity contribution in [3.05, 3.63) is 80.4 Å². The molecule has 2 aliphatic rings. The number of aryl methyl sites for hydroxylation is 1. The second-order valence-electron chi connectivity index (χ2n) is 9.68. The zero-order valence-corrected chi connectivity index (χ0v) is 24.8. The minimum absolute atomic E-state index is 0.0758. The number of thiocarbonyl (C=S) groups is 1. The van der Waals surface area contributed by atoms with E-state index >= 15 is 0 Å². The molecule has 5 heterocycles. The number of hydrogen-bond acceptors (Lipinski definition) is 12. The SMILES string of the molecule is Cn1nnnc1C(=S)C1=C(C(=O)O)N2C(=O)C(NC(=O)C(NC(=O)c3c[nH]c4sccc4c3=O)c3ccc(O)cc3)[C@@H]2SC1. The van der Waals surface area contributed by atoms with Crippen LogP contribution in [0.5, 0.6) is 5.75 Å². The van der Waals surface area contributed by atoms with Gasteiger partial charge in [0.15, 0.2) is 5.82 Å². The summed E-state index contributed by atoms with van der Waals surface area (Å²) in [7, 11) is 1.54. The molecule has 2 aliphatic heterocycles. The van der Waals surface area contributed by atoms with E-state index < -0.39 is 46.6 Å². The Hall–Kier alpha value is -4.94. The average Bonchev–Trinajstić information content (AvgIpc) is 3.67. The summed E-state index contributed by atoms with van der Waals surface area (Å²) in [5.74, 6) is -3.53. The minimum Gasteiger partial charge on any atom is -0.508 e. The highest BCUT2D eigenvalue weighted by Crippen LogP contribution is 2.41. The number of thiophene rings is 1. The molecule has 1 saturated heterocycles. The van der Waals surface area contributed by atoms with Gasteiger partial charge in [-0.05, 0) is 39.6 Å². The first-order valence-electron chi connectivity index (χ1n) is 12.7. The van der Waals surface area contributed by atoms with E-state index in [9.17, 15) is 34.2 Å². The fourth-order valence-electron chi connectivity index (χ4n) is 4.88. The van der Waals surface area contributed by atoms with E-state index in [1.54, 1.807) is 18.5 Å². The number of rotatable bonds is 8. The Morgan fingerprint density at radius 3 is 2.61 bits per heavy atom. The van der Waals surface area contributed by atoms with Crippen LogP contribution in [0.1, 0.15) is 27.8 Å². The topological polar surface area (TPSA) is 212 Å². The maximum absolute atomic E-state index is 13.6. The molecule has 4 aromatic rings. The van der Waals surface area contributed by atoms with Crippen molar-refractivity contribution in [1.82, 2.24) is 40.7 Å². The molecule has 0 radical (unpaired) electrons. The predicted octanol–water partition coefficient (Wildman–Crippen LogP) is 0.447. The highest BCUT2D eigenvalue weighted by Gasteiger charge is 2.55. The van der Waals surface area contributed by atoms with Crippen LogP contribution in [0.2, 0.25) is 0 Å². The molecule has 2 unspecified atom stereocenters. The molecule has 1 fully saturated rings. The van der Waals surface area contributed by atoms with E-state index in [0.717, 1.165) is 4.90 Å². The molecular weight excluding hydrogens is 633 g/mol. The van der Waals surface area contributed by atoms with Gasteiger partial charge in [-0.3, -0.25) is 24.1 Å². The van der Waals surface area contributed by atoms with Crippen LogP contribution in [0, 0.1) is 0 Å². The number of β-lactam (4-membered cyclic amide) rings is 1. The van der Waals surface area contributed by atoms with Crippen LogP contribution >= 0.6 is 35.3 Å². The third-order valence-electron chi connectivity index (χ3n) is 7.08. The molecule has 0 saturated carbocycles. The van der Waals surface area contributed by atoms with Gasteiger partial charge in [-0.25, -0.2) is 9.48 Å². The Kier molecular flexibility index (Phi) is 7.48. The second-order valence-corrected chi connectivity index (χ2v) is 12.1. The van der Waals surface area contributed by atoms with Gasteiger partial charge in [0.2, 0.25) is 11.3 Å². The van der Waals surface area contributed by atoms with Gasteiger partial charge < -0.3 is 25.8 Å². The van der Waals surface area contributed by atoms with Gasteiger partial charge in [-0.1, -0.05) is 24.4 Å². The maximum atomic E-state index is 13.6. The monoisotopic (exact) mass is 652 g/mol. The Balaban J connectivity index is 1.26. The van der Waals surface area contributed by atoms with E-state index in [1.807, 2.05) is 0 Å². The molecule has 15 nitrogen and oxygen atoms in total. The van der Waals surface area contributed by atoms with Crippen molar-refractivity contribution in [3.8, 4) is 5.75 Å². The van der Waals surface area contributed by atoms with E-state index in [4.69, 9.17) is 12.2 Å². The molecule has 3 aromatic heterocycles.